The first-order valence-corrected chi connectivity index (χ1v) is 3.90. The van der Waals surface area contributed by atoms with Crippen LogP contribution in [0, 0.1) is 0 Å². The van der Waals surface area contributed by atoms with Gasteiger partial charge in [0.15, 0.2) is 0 Å². The van der Waals surface area contributed by atoms with E-state index in [0.717, 1.165) is 17.7 Å². The lowest BCUT2D eigenvalue weighted by Crippen LogP contribution is -2.04. The minimum Gasteiger partial charge on any atom is -0.493 e. The number of benzene rings is 1. The Balaban J connectivity index is 2.42. The predicted molar refractivity (Wildman–Crippen MR) is 40.6 cm³/mol. The average Bonchev–Trinajstić information content (AvgIpc) is 2.47. The molecule has 0 atom stereocenters. The highest BCUT2D eigenvalue weighted by atomic mass is 19.4. The average molecular weight is 188 g/mol. The zero-order chi connectivity index (χ0) is 9.47. The van der Waals surface area contributed by atoms with E-state index in [1.54, 1.807) is 0 Å². The van der Waals surface area contributed by atoms with Crippen LogP contribution >= 0.6 is 0 Å². The van der Waals surface area contributed by atoms with Crippen molar-refractivity contribution in [3.63, 3.8) is 0 Å². The maximum absolute atomic E-state index is 12.2. The molecule has 1 aliphatic heterocycles. The highest BCUT2D eigenvalue weighted by molar-refractivity contribution is 5.40. The maximum Gasteiger partial charge on any atom is 0.416 e. The van der Waals surface area contributed by atoms with Gasteiger partial charge >= 0.3 is 6.18 Å². The van der Waals surface area contributed by atoms with Gasteiger partial charge in [-0.05, 0) is 17.7 Å². The summed E-state index contributed by atoms with van der Waals surface area (Å²) in [5, 5.41) is 0. The summed E-state index contributed by atoms with van der Waals surface area (Å²) < 4.78 is 41.6. The molecule has 70 valence electrons. The van der Waals surface area contributed by atoms with Crippen LogP contribution in [0.1, 0.15) is 11.1 Å². The first-order valence-electron chi connectivity index (χ1n) is 3.90. The molecule has 13 heavy (non-hydrogen) atoms. The molecule has 0 spiro atoms. The van der Waals surface area contributed by atoms with Gasteiger partial charge < -0.3 is 4.74 Å². The van der Waals surface area contributed by atoms with Crippen molar-refractivity contribution in [3.8, 4) is 5.75 Å². The number of fused-ring (bicyclic) bond motifs is 1. The molecular weight excluding hydrogens is 181 g/mol. The van der Waals surface area contributed by atoms with E-state index in [-0.39, 0.29) is 0 Å². The van der Waals surface area contributed by atoms with Crippen LogP contribution < -0.4 is 4.74 Å². The summed E-state index contributed by atoms with van der Waals surface area (Å²) in [6.07, 6.45) is -3.57. The molecule has 0 N–H and O–H groups in total. The topological polar surface area (TPSA) is 9.23 Å². The van der Waals surface area contributed by atoms with E-state index >= 15 is 0 Å². The van der Waals surface area contributed by atoms with Crippen LogP contribution in [-0.4, -0.2) is 6.61 Å². The summed E-state index contributed by atoms with van der Waals surface area (Å²) in [7, 11) is 0. The first-order chi connectivity index (χ1) is 6.07. The summed E-state index contributed by atoms with van der Waals surface area (Å²) in [6, 6.07) is 3.63. The third kappa shape index (κ3) is 1.48. The van der Waals surface area contributed by atoms with Crippen molar-refractivity contribution in [1.82, 2.24) is 0 Å². The summed E-state index contributed by atoms with van der Waals surface area (Å²) in [5.74, 6) is 0.370. The molecule has 1 heterocycles. The Morgan fingerprint density at radius 2 is 2.00 bits per heavy atom. The van der Waals surface area contributed by atoms with Crippen molar-refractivity contribution < 1.29 is 17.9 Å². The Morgan fingerprint density at radius 3 is 2.69 bits per heavy atom. The van der Waals surface area contributed by atoms with Crippen LogP contribution in [-0.2, 0) is 12.6 Å². The lowest BCUT2D eigenvalue weighted by Gasteiger charge is -2.07. The van der Waals surface area contributed by atoms with Gasteiger partial charge in [0, 0.05) is 6.42 Å². The van der Waals surface area contributed by atoms with E-state index in [2.05, 4.69) is 0 Å². The lowest BCUT2D eigenvalue weighted by atomic mass is 10.1. The van der Waals surface area contributed by atoms with Crippen LogP contribution in [0.15, 0.2) is 18.2 Å². The fraction of sp³-hybridized carbons (Fsp3) is 0.333. The lowest BCUT2D eigenvalue weighted by molar-refractivity contribution is -0.137. The van der Waals surface area contributed by atoms with Gasteiger partial charge in [-0.1, -0.05) is 6.07 Å². The zero-order valence-electron chi connectivity index (χ0n) is 6.69. The first kappa shape index (κ1) is 8.41. The number of alkyl halides is 3. The molecule has 0 aromatic heterocycles. The van der Waals surface area contributed by atoms with Crippen LogP contribution in [0.25, 0.3) is 0 Å². The van der Waals surface area contributed by atoms with Crippen LogP contribution in [0.3, 0.4) is 0 Å². The second-order valence-electron chi connectivity index (χ2n) is 2.92. The van der Waals surface area contributed by atoms with Gasteiger partial charge in [-0.25, -0.2) is 0 Å². The third-order valence-electron chi connectivity index (χ3n) is 2.02. The molecule has 0 saturated heterocycles. The fourth-order valence-electron chi connectivity index (χ4n) is 1.34. The Morgan fingerprint density at radius 1 is 1.23 bits per heavy atom. The van der Waals surface area contributed by atoms with E-state index in [0.29, 0.717) is 18.8 Å². The van der Waals surface area contributed by atoms with E-state index < -0.39 is 11.7 Å². The Labute approximate surface area is 73.1 Å². The largest absolute Gasteiger partial charge is 0.493 e. The molecule has 0 aliphatic carbocycles. The number of ether oxygens (including phenoxy) is 1. The van der Waals surface area contributed by atoms with E-state index in [1.165, 1.54) is 6.07 Å². The monoisotopic (exact) mass is 188 g/mol. The molecule has 0 saturated carbocycles. The second-order valence-corrected chi connectivity index (χ2v) is 2.92. The molecule has 1 aromatic rings. The van der Waals surface area contributed by atoms with Gasteiger partial charge in [-0.15, -0.1) is 0 Å². The molecule has 0 fully saturated rings. The highest BCUT2D eigenvalue weighted by Crippen LogP contribution is 2.34. The highest BCUT2D eigenvalue weighted by Gasteiger charge is 2.31. The summed E-state index contributed by atoms with van der Waals surface area (Å²) in [4.78, 5) is 0. The van der Waals surface area contributed by atoms with E-state index in [4.69, 9.17) is 4.74 Å². The standard InChI is InChI=1S/C9H7F3O/c10-9(11,12)7-2-1-6-3-4-13-8(6)5-7/h1-2,5H,3-4H2. The van der Waals surface area contributed by atoms with Gasteiger partial charge in [0.25, 0.3) is 0 Å². The van der Waals surface area contributed by atoms with Crippen molar-refractivity contribution >= 4 is 0 Å². The fourth-order valence-corrected chi connectivity index (χ4v) is 1.34. The van der Waals surface area contributed by atoms with Gasteiger partial charge in [-0.3, -0.25) is 0 Å². The van der Waals surface area contributed by atoms with Gasteiger partial charge in [0.1, 0.15) is 5.75 Å². The number of hydrogen-bond donors (Lipinski definition) is 0. The number of hydrogen-bond acceptors (Lipinski definition) is 1. The smallest absolute Gasteiger partial charge is 0.416 e. The summed E-state index contributed by atoms with van der Waals surface area (Å²) >= 11 is 0. The summed E-state index contributed by atoms with van der Waals surface area (Å²) in [6.45, 7) is 0.483. The SMILES string of the molecule is FC(F)(F)c1ccc2c(c1)OCC2. The van der Waals surface area contributed by atoms with Crippen molar-refractivity contribution in [2.45, 2.75) is 12.6 Å². The van der Waals surface area contributed by atoms with Gasteiger partial charge in [0.2, 0.25) is 0 Å². The molecular formula is C9H7F3O. The van der Waals surface area contributed by atoms with Crippen LogP contribution in [0.4, 0.5) is 13.2 Å². The Bertz CT molecular complexity index is 330. The van der Waals surface area contributed by atoms with Crippen molar-refractivity contribution in [2.75, 3.05) is 6.61 Å². The quantitative estimate of drug-likeness (QED) is 0.608. The number of rotatable bonds is 0. The van der Waals surface area contributed by atoms with Crippen LogP contribution in [0.5, 0.6) is 5.75 Å². The van der Waals surface area contributed by atoms with Gasteiger partial charge in [0.05, 0.1) is 12.2 Å². The molecule has 1 aliphatic rings. The van der Waals surface area contributed by atoms with Crippen LogP contribution in [0.2, 0.25) is 0 Å². The minimum atomic E-state index is -4.28. The summed E-state index contributed by atoms with van der Waals surface area (Å²) in [5.41, 5.74) is 0.209. The molecule has 1 aromatic carbocycles. The minimum absolute atomic E-state index is 0.370. The molecule has 0 bridgehead atoms. The normalized spacial score (nSPS) is 15.3. The Hall–Kier alpha value is -1.19. The second kappa shape index (κ2) is 2.65. The molecule has 0 unspecified atom stereocenters. The van der Waals surface area contributed by atoms with Crippen molar-refractivity contribution in [2.24, 2.45) is 0 Å². The third-order valence-corrected chi connectivity index (χ3v) is 2.02. The molecule has 0 radical (unpaired) electrons. The predicted octanol–water partition coefficient (Wildman–Crippen LogP) is 2.64. The number of halogens is 3. The van der Waals surface area contributed by atoms with Gasteiger partial charge in [-0.2, -0.15) is 13.2 Å². The molecule has 4 heteroatoms. The zero-order valence-corrected chi connectivity index (χ0v) is 6.69. The Kier molecular flexibility index (Phi) is 1.71. The van der Waals surface area contributed by atoms with E-state index in [1.807, 2.05) is 0 Å². The van der Waals surface area contributed by atoms with Crippen molar-refractivity contribution in [3.05, 3.63) is 29.3 Å². The molecule has 2 rings (SSSR count). The maximum atomic E-state index is 12.2. The van der Waals surface area contributed by atoms with Crippen molar-refractivity contribution in [1.29, 1.82) is 0 Å². The molecule has 0 amide bonds. The van der Waals surface area contributed by atoms with E-state index in [9.17, 15) is 13.2 Å². The molecule has 1 nitrogen and oxygen atoms in total.